The van der Waals surface area contributed by atoms with E-state index in [2.05, 4.69) is 22.1 Å². The Hall–Kier alpha value is -2.97. The van der Waals surface area contributed by atoms with E-state index in [1.807, 2.05) is 34.9 Å². The van der Waals surface area contributed by atoms with Gasteiger partial charge in [0.25, 0.3) is 0 Å². The molecule has 9 heteroatoms. The van der Waals surface area contributed by atoms with Gasteiger partial charge in [0.15, 0.2) is 22.5 Å². The topological polar surface area (TPSA) is 78.3 Å². The van der Waals surface area contributed by atoms with Crippen molar-refractivity contribution in [1.82, 2.24) is 14.8 Å². The van der Waals surface area contributed by atoms with E-state index in [1.54, 1.807) is 31.4 Å². The van der Waals surface area contributed by atoms with Crippen molar-refractivity contribution in [1.29, 1.82) is 0 Å². The summed E-state index contributed by atoms with van der Waals surface area (Å²) in [7, 11) is 1.59. The lowest BCUT2D eigenvalue weighted by molar-refractivity contribution is -0.113. The molecular formula is C21H21ClN4O3S. The molecule has 3 rings (SSSR count). The number of hydrogen-bond donors (Lipinski definition) is 1. The highest BCUT2D eigenvalue weighted by atomic mass is 35.5. The van der Waals surface area contributed by atoms with Gasteiger partial charge in [-0.05, 0) is 24.3 Å². The van der Waals surface area contributed by atoms with Crippen molar-refractivity contribution in [3.05, 3.63) is 72.0 Å². The second-order valence-electron chi connectivity index (χ2n) is 6.05. The number of thioether (sulfide) groups is 1. The molecule has 0 aliphatic carbocycles. The number of nitrogens with zero attached hydrogens (tertiary/aromatic N) is 3. The maximum Gasteiger partial charge on any atom is 0.234 e. The minimum atomic E-state index is -0.187. The zero-order valence-corrected chi connectivity index (χ0v) is 17.9. The predicted octanol–water partition coefficient (Wildman–Crippen LogP) is 4.44. The van der Waals surface area contributed by atoms with Gasteiger partial charge >= 0.3 is 0 Å². The first-order valence-electron chi connectivity index (χ1n) is 9.08. The summed E-state index contributed by atoms with van der Waals surface area (Å²) in [5.74, 6) is 1.84. The largest absolute Gasteiger partial charge is 0.493 e. The Kier molecular flexibility index (Phi) is 7.75. The number of amides is 1. The number of rotatable bonds is 10. The summed E-state index contributed by atoms with van der Waals surface area (Å²) in [5, 5.41) is 12.3. The molecule has 30 heavy (non-hydrogen) atoms. The molecule has 1 aromatic heterocycles. The van der Waals surface area contributed by atoms with Crippen LogP contribution in [0, 0.1) is 0 Å². The van der Waals surface area contributed by atoms with E-state index in [0.29, 0.717) is 39.7 Å². The van der Waals surface area contributed by atoms with Gasteiger partial charge in [-0.15, -0.1) is 16.8 Å². The van der Waals surface area contributed by atoms with Gasteiger partial charge in [-0.2, -0.15) is 0 Å². The predicted molar refractivity (Wildman–Crippen MR) is 118 cm³/mol. The number of allylic oxidation sites excluding steroid dienone is 1. The quantitative estimate of drug-likeness (QED) is 0.368. The van der Waals surface area contributed by atoms with Crippen molar-refractivity contribution >= 4 is 35.0 Å². The average Bonchev–Trinajstić information content (AvgIpc) is 3.14. The van der Waals surface area contributed by atoms with Crippen LogP contribution in [0.3, 0.4) is 0 Å². The minimum absolute atomic E-state index is 0.161. The van der Waals surface area contributed by atoms with Gasteiger partial charge in [-0.3, -0.25) is 9.36 Å². The molecule has 1 heterocycles. The highest BCUT2D eigenvalue weighted by Gasteiger charge is 2.15. The first-order chi connectivity index (χ1) is 14.6. The van der Waals surface area contributed by atoms with E-state index in [9.17, 15) is 4.79 Å². The molecular weight excluding hydrogens is 424 g/mol. The molecule has 0 atom stereocenters. The zero-order valence-electron chi connectivity index (χ0n) is 16.4. The molecule has 1 amide bonds. The van der Waals surface area contributed by atoms with Gasteiger partial charge < -0.3 is 14.8 Å². The van der Waals surface area contributed by atoms with Crippen LogP contribution in [-0.4, -0.2) is 33.5 Å². The number of para-hydroxylation sites is 3. The number of carbonyl (C=O) groups excluding carboxylic acids is 1. The van der Waals surface area contributed by atoms with E-state index < -0.39 is 0 Å². The molecule has 0 fully saturated rings. The molecule has 156 valence electrons. The second-order valence-corrected chi connectivity index (χ2v) is 7.40. The number of nitrogens with one attached hydrogen (secondary N) is 1. The number of halogens is 1. The van der Waals surface area contributed by atoms with Gasteiger partial charge in [0.05, 0.1) is 23.6 Å². The van der Waals surface area contributed by atoms with Gasteiger partial charge in [0, 0.05) is 6.54 Å². The van der Waals surface area contributed by atoms with Crippen molar-refractivity contribution in [2.75, 3.05) is 18.2 Å². The molecule has 3 aromatic rings. The smallest absolute Gasteiger partial charge is 0.234 e. The maximum absolute atomic E-state index is 12.3. The third kappa shape index (κ3) is 5.55. The minimum Gasteiger partial charge on any atom is -0.493 e. The first kappa shape index (κ1) is 21.7. The summed E-state index contributed by atoms with van der Waals surface area (Å²) in [6.45, 7) is 4.48. The zero-order chi connectivity index (χ0) is 21.3. The standard InChI is InChI=1S/C21H21ClN4O3S/c1-3-12-26-19(13-29-18-11-7-6-10-17(18)28-2)24-25-21(26)30-14-20(27)23-16-9-5-4-8-15(16)22/h3-11H,1,12-14H2,2H3,(H,23,27). The van der Waals surface area contributed by atoms with E-state index >= 15 is 0 Å². The molecule has 0 aliphatic heterocycles. The van der Waals surface area contributed by atoms with Gasteiger partial charge in [0.2, 0.25) is 5.91 Å². The van der Waals surface area contributed by atoms with Crippen LogP contribution in [0.4, 0.5) is 5.69 Å². The van der Waals surface area contributed by atoms with E-state index in [-0.39, 0.29) is 18.3 Å². The van der Waals surface area contributed by atoms with Crippen LogP contribution in [0.25, 0.3) is 0 Å². The number of methoxy groups -OCH3 is 1. The third-order valence-corrected chi connectivity index (χ3v) is 5.31. The van der Waals surface area contributed by atoms with Gasteiger partial charge in [-0.25, -0.2) is 0 Å². The van der Waals surface area contributed by atoms with Crippen LogP contribution in [0.1, 0.15) is 5.82 Å². The van der Waals surface area contributed by atoms with Gasteiger partial charge in [-0.1, -0.05) is 53.7 Å². The Morgan fingerprint density at radius 1 is 1.20 bits per heavy atom. The summed E-state index contributed by atoms with van der Waals surface area (Å²) >= 11 is 7.36. The maximum atomic E-state index is 12.3. The summed E-state index contributed by atoms with van der Waals surface area (Å²) in [5.41, 5.74) is 0.572. The van der Waals surface area contributed by atoms with E-state index in [0.717, 1.165) is 0 Å². The number of anilines is 1. The molecule has 0 saturated carbocycles. The Morgan fingerprint density at radius 3 is 2.67 bits per heavy atom. The Morgan fingerprint density at radius 2 is 1.93 bits per heavy atom. The molecule has 0 radical (unpaired) electrons. The van der Waals surface area contributed by atoms with Crippen LogP contribution in [0.15, 0.2) is 66.3 Å². The molecule has 0 bridgehead atoms. The highest BCUT2D eigenvalue weighted by Crippen LogP contribution is 2.27. The summed E-state index contributed by atoms with van der Waals surface area (Å²) in [4.78, 5) is 12.3. The molecule has 0 unspecified atom stereocenters. The molecule has 0 spiro atoms. The average molecular weight is 445 g/mol. The summed E-state index contributed by atoms with van der Waals surface area (Å²) in [6.07, 6.45) is 1.74. The Balaban J connectivity index is 1.64. The summed E-state index contributed by atoms with van der Waals surface area (Å²) in [6, 6.07) is 14.5. The second kappa shape index (κ2) is 10.7. The Labute approximate surface area is 184 Å². The summed E-state index contributed by atoms with van der Waals surface area (Å²) < 4.78 is 13.0. The Bertz CT molecular complexity index is 1020. The van der Waals surface area contributed by atoms with Crippen LogP contribution in [0.5, 0.6) is 11.5 Å². The van der Waals surface area contributed by atoms with Crippen LogP contribution >= 0.6 is 23.4 Å². The molecule has 0 saturated heterocycles. The van der Waals surface area contributed by atoms with Crippen LogP contribution < -0.4 is 14.8 Å². The lowest BCUT2D eigenvalue weighted by Crippen LogP contribution is -2.15. The third-order valence-electron chi connectivity index (χ3n) is 4.01. The van der Waals surface area contributed by atoms with Crippen molar-refractivity contribution < 1.29 is 14.3 Å². The van der Waals surface area contributed by atoms with Crippen molar-refractivity contribution in [3.63, 3.8) is 0 Å². The number of ether oxygens (including phenoxy) is 2. The monoisotopic (exact) mass is 444 g/mol. The molecule has 0 aliphatic rings. The first-order valence-corrected chi connectivity index (χ1v) is 10.4. The van der Waals surface area contributed by atoms with Crippen molar-refractivity contribution in [2.45, 2.75) is 18.3 Å². The number of aromatic nitrogens is 3. The number of hydrogen-bond acceptors (Lipinski definition) is 6. The normalized spacial score (nSPS) is 10.5. The van der Waals surface area contributed by atoms with E-state index in [1.165, 1.54) is 11.8 Å². The van der Waals surface area contributed by atoms with E-state index in [4.69, 9.17) is 21.1 Å². The highest BCUT2D eigenvalue weighted by molar-refractivity contribution is 7.99. The number of benzene rings is 2. The molecule has 7 nitrogen and oxygen atoms in total. The fourth-order valence-electron chi connectivity index (χ4n) is 2.60. The SMILES string of the molecule is C=CCn1c(COc2ccccc2OC)nnc1SCC(=O)Nc1ccccc1Cl. The van der Waals surface area contributed by atoms with Crippen LogP contribution in [0.2, 0.25) is 5.02 Å². The molecule has 1 N–H and O–H groups in total. The van der Waals surface area contributed by atoms with Gasteiger partial charge in [0.1, 0.15) is 6.61 Å². The van der Waals surface area contributed by atoms with Crippen LogP contribution in [-0.2, 0) is 17.9 Å². The van der Waals surface area contributed by atoms with Crippen molar-refractivity contribution in [2.24, 2.45) is 0 Å². The number of carbonyl (C=O) groups is 1. The van der Waals surface area contributed by atoms with Crippen molar-refractivity contribution in [3.8, 4) is 11.5 Å². The fraction of sp³-hybridized carbons (Fsp3) is 0.190. The lowest BCUT2D eigenvalue weighted by atomic mass is 10.3. The fourth-order valence-corrected chi connectivity index (χ4v) is 3.55. The molecule has 2 aromatic carbocycles. The lowest BCUT2D eigenvalue weighted by Gasteiger charge is -2.11.